The molecule has 0 saturated heterocycles. The molecule has 0 N–H and O–H groups in total. The molecule has 1 heterocycles. The first-order valence-corrected chi connectivity index (χ1v) is 4.05. The van der Waals surface area contributed by atoms with Crippen LogP contribution in [0.15, 0.2) is 18.3 Å². The van der Waals surface area contributed by atoms with Crippen LogP contribution in [0.1, 0.15) is 0 Å². The largest absolute Gasteiger partial charge is 0.493 e. The van der Waals surface area contributed by atoms with Crippen LogP contribution in [0, 0.1) is 0 Å². The number of pyridine rings is 1. The molecule has 16 heavy (non-hydrogen) atoms. The van der Waals surface area contributed by atoms with Crippen LogP contribution in [0.4, 0.5) is 32.2 Å². The van der Waals surface area contributed by atoms with Gasteiger partial charge in [0.2, 0.25) is 0 Å². The monoisotopic (exact) mass is 264 g/mol. The summed E-state index contributed by atoms with van der Waals surface area (Å²) in [4.78, 5) is 1.27. The van der Waals surface area contributed by atoms with Crippen LogP contribution < -0.4 is 4.90 Å². The zero-order valence-corrected chi connectivity index (χ0v) is 8.03. The fourth-order valence-electron chi connectivity index (χ4n) is 0.904. The van der Waals surface area contributed by atoms with Crippen molar-refractivity contribution in [2.45, 2.75) is 12.6 Å². The summed E-state index contributed by atoms with van der Waals surface area (Å²) in [6.45, 7) is 0. The Labute approximate surface area is 90.4 Å². The van der Waals surface area contributed by atoms with Crippen LogP contribution >= 0.6 is 11.6 Å². The maximum absolute atomic E-state index is 12.1. The maximum atomic E-state index is 12.1. The molecule has 1 aromatic heterocycles. The van der Waals surface area contributed by atoms with Crippen molar-refractivity contribution in [2.24, 2.45) is 0 Å². The molecule has 0 atom stereocenters. The first-order valence-electron chi connectivity index (χ1n) is 3.67. The molecule has 0 aliphatic heterocycles. The van der Waals surface area contributed by atoms with Crippen LogP contribution in [0.3, 0.4) is 0 Å². The van der Waals surface area contributed by atoms with Crippen molar-refractivity contribution in [3.05, 3.63) is 23.4 Å². The quantitative estimate of drug-likeness (QED) is 0.569. The average molecular weight is 265 g/mol. The van der Waals surface area contributed by atoms with Crippen molar-refractivity contribution in [2.75, 3.05) is 4.90 Å². The molecule has 9 heteroatoms. The van der Waals surface area contributed by atoms with E-state index in [1.54, 1.807) is 0 Å². The van der Waals surface area contributed by atoms with Gasteiger partial charge in [0.1, 0.15) is 5.82 Å². The molecule has 1 rings (SSSR count). The predicted molar refractivity (Wildman–Crippen MR) is 43.8 cm³/mol. The lowest BCUT2D eigenvalue weighted by atomic mass is 10.4. The summed E-state index contributed by atoms with van der Waals surface area (Å²) < 4.78 is 72.8. The normalized spacial score (nSPS) is 12.7. The summed E-state index contributed by atoms with van der Waals surface area (Å²) in [6, 6.07) is 1.41. The fraction of sp³-hybridized carbons (Fsp3) is 0.286. The minimum Gasteiger partial charge on any atom is -0.237 e. The molecule has 2 nitrogen and oxygen atoms in total. The Kier molecular flexibility index (Phi) is 3.22. The fourth-order valence-corrected chi connectivity index (χ4v) is 1.02. The van der Waals surface area contributed by atoms with Gasteiger partial charge in [-0.15, -0.1) is 26.3 Å². The molecule has 0 amide bonds. The Hall–Kier alpha value is -1.18. The van der Waals surface area contributed by atoms with E-state index in [-0.39, 0.29) is 5.02 Å². The number of halogens is 7. The average Bonchev–Trinajstić information content (AvgIpc) is 2.03. The molecule has 90 valence electrons. The zero-order valence-electron chi connectivity index (χ0n) is 7.27. The lowest BCUT2D eigenvalue weighted by molar-refractivity contribution is -0.227. The van der Waals surface area contributed by atoms with E-state index in [9.17, 15) is 26.3 Å². The molecule has 0 radical (unpaired) electrons. The van der Waals surface area contributed by atoms with E-state index >= 15 is 0 Å². The Balaban J connectivity index is 3.18. The van der Waals surface area contributed by atoms with Crippen LogP contribution in [0.2, 0.25) is 5.02 Å². The molecule has 0 unspecified atom stereocenters. The second-order valence-corrected chi connectivity index (χ2v) is 3.04. The van der Waals surface area contributed by atoms with Gasteiger partial charge in [-0.2, -0.15) is 4.90 Å². The van der Waals surface area contributed by atoms with E-state index in [1.807, 2.05) is 0 Å². The molecule has 0 fully saturated rings. The van der Waals surface area contributed by atoms with E-state index in [2.05, 4.69) is 4.98 Å². The highest BCUT2D eigenvalue weighted by Gasteiger charge is 2.54. The molecule has 0 spiro atoms. The third kappa shape index (κ3) is 2.91. The van der Waals surface area contributed by atoms with Gasteiger partial charge in [0, 0.05) is 6.20 Å². The highest BCUT2D eigenvalue weighted by Crippen LogP contribution is 2.37. The third-order valence-corrected chi connectivity index (χ3v) is 1.67. The Morgan fingerprint density at radius 1 is 1.00 bits per heavy atom. The molecule has 0 aliphatic carbocycles. The van der Waals surface area contributed by atoms with Crippen molar-refractivity contribution in [1.29, 1.82) is 0 Å². The van der Waals surface area contributed by atoms with E-state index in [4.69, 9.17) is 11.6 Å². The lowest BCUT2D eigenvalue weighted by Crippen LogP contribution is -2.48. The second-order valence-electron chi connectivity index (χ2n) is 2.61. The van der Waals surface area contributed by atoms with E-state index in [0.717, 1.165) is 6.07 Å². The highest BCUT2D eigenvalue weighted by molar-refractivity contribution is 6.30. The summed E-state index contributed by atoms with van der Waals surface area (Å²) in [5.74, 6) is -1.29. The molecule has 1 aromatic rings. The number of anilines is 1. The van der Waals surface area contributed by atoms with Crippen molar-refractivity contribution in [3.63, 3.8) is 0 Å². The van der Waals surface area contributed by atoms with Gasteiger partial charge in [-0.3, -0.25) is 0 Å². The molecule has 0 aliphatic rings. The van der Waals surface area contributed by atoms with Gasteiger partial charge >= 0.3 is 12.6 Å². The molecular weight excluding hydrogens is 262 g/mol. The Bertz CT molecular complexity index is 343. The first kappa shape index (κ1) is 12.9. The summed E-state index contributed by atoms with van der Waals surface area (Å²) in [5, 5.41) is -0.0620. The first-order chi connectivity index (χ1) is 7.12. The van der Waals surface area contributed by atoms with Crippen molar-refractivity contribution in [3.8, 4) is 0 Å². The highest BCUT2D eigenvalue weighted by atomic mass is 35.5. The van der Waals surface area contributed by atoms with Crippen LogP contribution in [-0.2, 0) is 0 Å². The van der Waals surface area contributed by atoms with Crippen molar-refractivity contribution >= 4 is 17.4 Å². The Morgan fingerprint density at radius 2 is 1.50 bits per heavy atom. The van der Waals surface area contributed by atoms with Gasteiger partial charge in [-0.05, 0) is 12.1 Å². The van der Waals surface area contributed by atoms with Crippen LogP contribution in [-0.4, -0.2) is 17.6 Å². The van der Waals surface area contributed by atoms with E-state index in [0.29, 0.717) is 12.3 Å². The summed E-state index contributed by atoms with van der Waals surface area (Å²) in [7, 11) is 0. The van der Waals surface area contributed by atoms with Gasteiger partial charge in [0.05, 0.1) is 5.02 Å². The summed E-state index contributed by atoms with van der Waals surface area (Å²) in [6.07, 6.45) is -10.5. The number of rotatable bonds is 1. The summed E-state index contributed by atoms with van der Waals surface area (Å²) >= 11 is 5.30. The van der Waals surface area contributed by atoms with Gasteiger partial charge in [-0.25, -0.2) is 4.98 Å². The number of aromatic nitrogens is 1. The van der Waals surface area contributed by atoms with Crippen molar-refractivity contribution < 1.29 is 26.3 Å². The van der Waals surface area contributed by atoms with Gasteiger partial charge < -0.3 is 0 Å². The van der Waals surface area contributed by atoms with Gasteiger partial charge in [0.25, 0.3) is 0 Å². The zero-order chi connectivity index (χ0) is 12.6. The van der Waals surface area contributed by atoms with Crippen LogP contribution in [0.25, 0.3) is 0 Å². The number of nitrogens with zero attached hydrogens (tertiary/aromatic N) is 2. The Morgan fingerprint density at radius 3 is 1.81 bits per heavy atom. The van der Waals surface area contributed by atoms with Crippen LogP contribution in [0.5, 0.6) is 0 Å². The van der Waals surface area contributed by atoms with Gasteiger partial charge in [-0.1, -0.05) is 11.6 Å². The van der Waals surface area contributed by atoms with Gasteiger partial charge in [0.15, 0.2) is 0 Å². The molecular formula is C7H3ClF6N2. The SMILES string of the molecule is FC(F)(F)N(c1ccc(Cl)cn1)C(F)(F)F. The predicted octanol–water partition coefficient (Wildman–Crippen LogP) is 3.58. The topological polar surface area (TPSA) is 16.1 Å². The smallest absolute Gasteiger partial charge is 0.237 e. The lowest BCUT2D eigenvalue weighted by Gasteiger charge is -2.27. The minimum absolute atomic E-state index is 0.0620. The van der Waals surface area contributed by atoms with Crippen molar-refractivity contribution in [1.82, 2.24) is 4.98 Å². The standard InChI is InChI=1S/C7H3ClF6N2/c8-4-1-2-5(15-3-4)16(6(9,10)11)7(12,13)14/h1-3H. The third-order valence-electron chi connectivity index (χ3n) is 1.45. The molecule has 0 bridgehead atoms. The summed E-state index contributed by atoms with van der Waals surface area (Å²) in [5.41, 5.74) is 0. The number of alkyl halides is 6. The van der Waals surface area contributed by atoms with E-state index < -0.39 is 23.3 Å². The maximum Gasteiger partial charge on any atom is 0.493 e. The second kappa shape index (κ2) is 4.00. The molecule has 0 saturated carbocycles. The number of hydrogen-bond donors (Lipinski definition) is 0. The molecule has 0 aromatic carbocycles. The number of hydrogen-bond acceptors (Lipinski definition) is 2. The van der Waals surface area contributed by atoms with E-state index in [1.165, 1.54) is 0 Å². The minimum atomic E-state index is -5.60.